The number of H-pyrrole nitrogens is 2. The number of ether oxygens (including phenoxy) is 2. The van der Waals surface area contributed by atoms with E-state index in [4.69, 9.17) is 15.2 Å². The van der Waals surface area contributed by atoms with Crippen molar-refractivity contribution in [3.63, 3.8) is 0 Å². The molecule has 0 amide bonds. The maximum atomic E-state index is 12.3. The summed E-state index contributed by atoms with van der Waals surface area (Å²) in [5.41, 5.74) is 5.21. The van der Waals surface area contributed by atoms with Crippen LogP contribution in [0.5, 0.6) is 11.6 Å². The monoisotopic (exact) mass is 326 g/mol. The predicted molar refractivity (Wildman–Crippen MR) is 84.6 cm³/mol. The van der Waals surface area contributed by atoms with Gasteiger partial charge in [0, 0.05) is 5.56 Å². The van der Waals surface area contributed by atoms with Crippen molar-refractivity contribution in [2.24, 2.45) is 5.73 Å². The summed E-state index contributed by atoms with van der Waals surface area (Å²) in [5.74, 6) is -0.523. The Bertz CT molecular complexity index is 981. The second kappa shape index (κ2) is 5.96. The van der Waals surface area contributed by atoms with E-state index in [2.05, 4.69) is 9.97 Å². The minimum atomic E-state index is -0.804. The van der Waals surface area contributed by atoms with Crippen molar-refractivity contribution in [1.82, 2.24) is 9.97 Å². The molecule has 1 aromatic carbocycles. The van der Waals surface area contributed by atoms with Gasteiger partial charge in [-0.3, -0.25) is 14.8 Å². The Hall–Kier alpha value is -3.47. The summed E-state index contributed by atoms with van der Waals surface area (Å²) in [6.07, 6.45) is 0. The zero-order valence-corrected chi connectivity index (χ0v) is 12.8. The first kappa shape index (κ1) is 15.4. The molecule has 0 aliphatic carbocycles. The maximum absolute atomic E-state index is 12.3. The third-order valence-electron chi connectivity index (χ3n) is 3.65. The van der Waals surface area contributed by atoms with Crippen LogP contribution in [0.4, 0.5) is 0 Å². The molecule has 24 heavy (non-hydrogen) atoms. The topological polar surface area (TPSA) is 134 Å². The average Bonchev–Trinajstić information content (AvgIpc) is 2.54. The van der Waals surface area contributed by atoms with E-state index in [0.29, 0.717) is 17.9 Å². The van der Waals surface area contributed by atoms with Gasteiger partial charge < -0.3 is 15.2 Å². The molecular weight excluding hydrogens is 312 g/mol. The highest BCUT2D eigenvalue weighted by Crippen LogP contribution is 2.41. The maximum Gasteiger partial charge on any atom is 0.328 e. The molecule has 8 nitrogen and oxygen atoms in total. The number of rotatable bonds is 3. The summed E-state index contributed by atoms with van der Waals surface area (Å²) in [6.45, 7) is 2.24. The molecule has 1 aromatic heterocycles. The molecule has 4 N–H and O–H groups in total. The first-order chi connectivity index (χ1) is 11.6. The Balaban J connectivity index is 2.33. The number of nitrogens with two attached hydrogens (primary N) is 1. The van der Waals surface area contributed by atoms with Crippen LogP contribution in [0.15, 0.2) is 45.3 Å². The van der Waals surface area contributed by atoms with Gasteiger partial charge in [-0.15, -0.1) is 0 Å². The number of benzene rings is 1. The van der Waals surface area contributed by atoms with E-state index in [1.165, 1.54) is 0 Å². The van der Waals surface area contributed by atoms with Gasteiger partial charge >= 0.3 is 5.69 Å². The van der Waals surface area contributed by atoms with Crippen molar-refractivity contribution in [3.05, 3.63) is 67.7 Å². The molecule has 122 valence electrons. The van der Waals surface area contributed by atoms with Crippen molar-refractivity contribution in [1.29, 1.82) is 5.26 Å². The van der Waals surface area contributed by atoms with Gasteiger partial charge in [0.25, 0.3) is 5.56 Å². The van der Waals surface area contributed by atoms with Gasteiger partial charge in [0.15, 0.2) is 0 Å². The van der Waals surface area contributed by atoms with E-state index >= 15 is 0 Å². The molecule has 1 atom stereocenters. The summed E-state index contributed by atoms with van der Waals surface area (Å²) < 4.78 is 10.9. The number of fused-ring (bicyclic) bond motifs is 1. The second-order valence-corrected chi connectivity index (χ2v) is 5.05. The van der Waals surface area contributed by atoms with Crippen LogP contribution in [0.25, 0.3) is 0 Å². The van der Waals surface area contributed by atoms with Gasteiger partial charge in [-0.25, -0.2) is 4.79 Å². The zero-order valence-electron chi connectivity index (χ0n) is 12.8. The Morgan fingerprint density at radius 1 is 1.33 bits per heavy atom. The number of aromatic nitrogens is 2. The molecule has 0 saturated heterocycles. The van der Waals surface area contributed by atoms with E-state index in [1.54, 1.807) is 24.3 Å². The zero-order chi connectivity index (χ0) is 17.3. The predicted octanol–water partition coefficient (Wildman–Crippen LogP) is 0.680. The van der Waals surface area contributed by atoms with E-state index in [9.17, 15) is 14.9 Å². The lowest BCUT2D eigenvalue weighted by molar-refractivity contribution is 0.333. The summed E-state index contributed by atoms with van der Waals surface area (Å²) in [7, 11) is 0. The number of nitriles is 1. The van der Waals surface area contributed by atoms with Crippen LogP contribution in [0, 0.1) is 11.3 Å². The molecule has 1 aliphatic rings. The van der Waals surface area contributed by atoms with Crippen molar-refractivity contribution in [3.8, 4) is 17.7 Å². The molecule has 0 bridgehead atoms. The molecule has 0 radical (unpaired) electrons. The number of hydrogen-bond acceptors (Lipinski definition) is 6. The lowest BCUT2D eigenvalue weighted by atomic mass is 9.84. The normalized spacial score (nSPS) is 16.1. The summed E-state index contributed by atoms with van der Waals surface area (Å²) >= 11 is 0. The van der Waals surface area contributed by atoms with Gasteiger partial charge in [0.1, 0.15) is 17.4 Å². The Labute approximate surface area is 136 Å². The first-order valence-electron chi connectivity index (χ1n) is 7.22. The molecule has 3 rings (SSSR count). The Kier molecular flexibility index (Phi) is 3.83. The quantitative estimate of drug-likeness (QED) is 0.759. The average molecular weight is 326 g/mol. The highest BCUT2D eigenvalue weighted by molar-refractivity contribution is 5.55. The molecule has 0 saturated carbocycles. The largest absolute Gasteiger partial charge is 0.494 e. The minimum absolute atomic E-state index is 0.0726. The van der Waals surface area contributed by atoms with Gasteiger partial charge in [0.2, 0.25) is 11.8 Å². The van der Waals surface area contributed by atoms with Crippen LogP contribution in [0.1, 0.15) is 24.0 Å². The third kappa shape index (κ3) is 2.42. The van der Waals surface area contributed by atoms with Crippen LogP contribution >= 0.6 is 0 Å². The Morgan fingerprint density at radius 2 is 2.08 bits per heavy atom. The molecule has 0 fully saturated rings. The van der Waals surface area contributed by atoms with E-state index in [-0.39, 0.29) is 22.9 Å². The minimum Gasteiger partial charge on any atom is -0.494 e. The van der Waals surface area contributed by atoms with Crippen molar-refractivity contribution >= 4 is 0 Å². The number of allylic oxidation sites excluding steroid dienone is 1. The van der Waals surface area contributed by atoms with Crippen molar-refractivity contribution < 1.29 is 9.47 Å². The number of aromatic amines is 2. The fourth-order valence-electron chi connectivity index (χ4n) is 2.71. The van der Waals surface area contributed by atoms with Crippen LogP contribution in [0.3, 0.4) is 0 Å². The Morgan fingerprint density at radius 3 is 2.79 bits per heavy atom. The lowest BCUT2D eigenvalue weighted by Crippen LogP contribution is -2.33. The SMILES string of the molecule is CCOc1ccccc1[C@@H]1C(C#N)=C(N)Oc2[nH]c(=O)[nH]c(=O)c21. The second-order valence-electron chi connectivity index (χ2n) is 5.05. The highest BCUT2D eigenvalue weighted by atomic mass is 16.5. The van der Waals surface area contributed by atoms with E-state index in [0.717, 1.165) is 0 Å². The summed E-state index contributed by atoms with van der Waals surface area (Å²) in [6, 6.07) is 9.00. The number of hydrogen-bond donors (Lipinski definition) is 3. The highest BCUT2D eigenvalue weighted by Gasteiger charge is 2.35. The van der Waals surface area contributed by atoms with Crippen LogP contribution in [-0.4, -0.2) is 16.6 Å². The number of nitrogens with zero attached hydrogens (tertiary/aromatic N) is 1. The molecule has 2 aromatic rings. The van der Waals surface area contributed by atoms with Gasteiger partial charge in [-0.2, -0.15) is 5.26 Å². The van der Waals surface area contributed by atoms with Crippen molar-refractivity contribution in [2.45, 2.75) is 12.8 Å². The van der Waals surface area contributed by atoms with Gasteiger partial charge in [-0.1, -0.05) is 18.2 Å². The smallest absolute Gasteiger partial charge is 0.328 e. The van der Waals surface area contributed by atoms with Gasteiger partial charge in [-0.05, 0) is 13.0 Å². The van der Waals surface area contributed by atoms with E-state index in [1.807, 2.05) is 13.0 Å². The fourth-order valence-corrected chi connectivity index (χ4v) is 2.71. The van der Waals surface area contributed by atoms with Crippen LogP contribution in [-0.2, 0) is 0 Å². The van der Waals surface area contributed by atoms with Gasteiger partial charge in [0.05, 0.1) is 18.1 Å². The van der Waals surface area contributed by atoms with Crippen LogP contribution in [0.2, 0.25) is 0 Å². The third-order valence-corrected chi connectivity index (χ3v) is 3.65. The summed E-state index contributed by atoms with van der Waals surface area (Å²) in [5, 5.41) is 9.49. The molecule has 1 aliphatic heterocycles. The molecule has 0 spiro atoms. The van der Waals surface area contributed by atoms with Crippen molar-refractivity contribution in [2.75, 3.05) is 6.61 Å². The molecule has 2 heterocycles. The van der Waals surface area contributed by atoms with Crippen LogP contribution < -0.4 is 26.5 Å². The number of para-hydroxylation sites is 1. The molecular formula is C16H14N4O4. The summed E-state index contributed by atoms with van der Waals surface area (Å²) in [4.78, 5) is 28.4. The lowest BCUT2D eigenvalue weighted by Gasteiger charge is -2.25. The fraction of sp³-hybridized carbons (Fsp3) is 0.188. The first-order valence-corrected chi connectivity index (χ1v) is 7.22. The number of nitrogens with one attached hydrogen (secondary N) is 2. The molecule has 0 unspecified atom stereocenters. The standard InChI is InChI=1S/C16H14N4O4/c1-2-23-10-6-4-3-5-8(10)11-9(7-17)13(18)24-15-12(11)14(21)19-16(22)20-15/h3-6,11H,2,18H2,1H3,(H2,19,20,21,22)/t11-/m1/s1. The molecule has 8 heteroatoms. The van der Waals surface area contributed by atoms with E-state index < -0.39 is 17.2 Å².